The Labute approximate surface area is 122 Å². The number of hydrogen-bond donors (Lipinski definition) is 1. The summed E-state index contributed by atoms with van der Waals surface area (Å²) in [6.45, 7) is 2.54. The molecule has 2 aromatic rings. The molecular weight excluding hydrogens is 304 g/mol. The molecule has 0 aliphatic carbocycles. The third-order valence-corrected chi connectivity index (χ3v) is 3.49. The number of pyridine rings is 1. The van der Waals surface area contributed by atoms with Gasteiger partial charge in [-0.3, -0.25) is 4.98 Å². The van der Waals surface area contributed by atoms with E-state index in [0.29, 0.717) is 0 Å². The molecule has 0 spiro atoms. The lowest BCUT2D eigenvalue weighted by Crippen LogP contribution is -2.18. The van der Waals surface area contributed by atoms with Crippen LogP contribution in [-0.4, -0.2) is 17.1 Å². The van der Waals surface area contributed by atoms with E-state index in [0.717, 1.165) is 27.8 Å². The van der Waals surface area contributed by atoms with Crippen LogP contribution >= 0.6 is 15.9 Å². The minimum Gasteiger partial charge on any atom is -0.389 e. The quantitative estimate of drug-likeness (QED) is 0.936. The highest BCUT2D eigenvalue weighted by Gasteiger charge is 2.12. The van der Waals surface area contributed by atoms with E-state index >= 15 is 0 Å². The van der Waals surface area contributed by atoms with E-state index in [2.05, 4.69) is 25.8 Å². The van der Waals surface area contributed by atoms with Gasteiger partial charge in [-0.25, -0.2) is 0 Å². The minimum absolute atomic E-state index is 0.487. The van der Waals surface area contributed by atoms with Crippen molar-refractivity contribution < 1.29 is 5.11 Å². The van der Waals surface area contributed by atoms with Crippen LogP contribution in [0.1, 0.15) is 24.2 Å². The topological polar surface area (TPSA) is 36.4 Å². The van der Waals surface area contributed by atoms with Gasteiger partial charge in [0.05, 0.1) is 6.10 Å². The van der Waals surface area contributed by atoms with Gasteiger partial charge in [-0.1, -0.05) is 28.1 Å². The van der Waals surface area contributed by atoms with E-state index in [1.54, 1.807) is 13.1 Å². The monoisotopic (exact) mass is 320 g/mol. The fourth-order valence-corrected chi connectivity index (χ4v) is 2.40. The van der Waals surface area contributed by atoms with E-state index in [1.807, 2.05) is 43.6 Å². The molecule has 100 valence electrons. The summed E-state index contributed by atoms with van der Waals surface area (Å²) in [5.74, 6) is 0. The lowest BCUT2D eigenvalue weighted by atomic mass is 10.1. The Morgan fingerprint density at radius 1 is 1.37 bits per heavy atom. The van der Waals surface area contributed by atoms with Crippen LogP contribution < -0.4 is 4.90 Å². The Morgan fingerprint density at radius 2 is 2.16 bits per heavy atom. The van der Waals surface area contributed by atoms with Crippen molar-refractivity contribution >= 4 is 21.6 Å². The van der Waals surface area contributed by atoms with E-state index in [1.165, 1.54) is 0 Å². The van der Waals surface area contributed by atoms with Gasteiger partial charge in [-0.05, 0) is 30.7 Å². The highest BCUT2D eigenvalue weighted by molar-refractivity contribution is 9.10. The smallest absolute Gasteiger partial charge is 0.0782 e. The van der Waals surface area contributed by atoms with Crippen LogP contribution in [0, 0.1) is 0 Å². The normalized spacial score (nSPS) is 12.2. The van der Waals surface area contributed by atoms with Gasteiger partial charge < -0.3 is 10.0 Å². The predicted molar refractivity (Wildman–Crippen MR) is 81.1 cm³/mol. The number of aromatic nitrogens is 1. The lowest BCUT2D eigenvalue weighted by Gasteiger charge is -2.24. The molecule has 0 aliphatic rings. The van der Waals surface area contributed by atoms with Crippen LogP contribution in [0.15, 0.2) is 47.2 Å². The van der Waals surface area contributed by atoms with Gasteiger partial charge in [0.25, 0.3) is 0 Å². The highest BCUT2D eigenvalue weighted by Crippen LogP contribution is 2.29. The summed E-state index contributed by atoms with van der Waals surface area (Å²) < 4.78 is 1.00. The summed E-state index contributed by atoms with van der Waals surface area (Å²) >= 11 is 3.48. The first-order valence-electron chi connectivity index (χ1n) is 6.15. The van der Waals surface area contributed by atoms with E-state index in [9.17, 15) is 5.11 Å². The number of rotatable bonds is 4. The molecule has 2 rings (SSSR count). The molecule has 0 bridgehead atoms. The second kappa shape index (κ2) is 6.17. The van der Waals surface area contributed by atoms with E-state index in [4.69, 9.17) is 0 Å². The Bertz CT molecular complexity index is 543. The maximum atomic E-state index is 9.86. The van der Waals surface area contributed by atoms with Crippen molar-refractivity contribution in [2.24, 2.45) is 0 Å². The molecule has 0 radical (unpaired) electrons. The summed E-state index contributed by atoms with van der Waals surface area (Å²) in [5, 5.41) is 9.86. The molecular formula is C15H17BrN2O. The predicted octanol–water partition coefficient (Wildman–Crippen LogP) is 3.53. The molecule has 0 saturated heterocycles. The van der Waals surface area contributed by atoms with Crippen molar-refractivity contribution in [2.45, 2.75) is 19.6 Å². The van der Waals surface area contributed by atoms with Crippen molar-refractivity contribution in [2.75, 3.05) is 11.9 Å². The molecule has 1 aromatic heterocycles. The van der Waals surface area contributed by atoms with Crippen LogP contribution in [0.2, 0.25) is 0 Å². The molecule has 1 unspecified atom stereocenters. The van der Waals surface area contributed by atoms with Crippen LogP contribution in [0.4, 0.5) is 5.69 Å². The van der Waals surface area contributed by atoms with Crippen molar-refractivity contribution in [3.63, 3.8) is 0 Å². The summed E-state index contributed by atoms with van der Waals surface area (Å²) in [5.41, 5.74) is 3.09. The third kappa shape index (κ3) is 3.55. The zero-order valence-corrected chi connectivity index (χ0v) is 12.6. The summed E-state index contributed by atoms with van der Waals surface area (Å²) in [4.78, 5) is 6.24. The molecule has 1 N–H and O–H groups in total. The Hall–Kier alpha value is -1.39. The second-order valence-corrected chi connectivity index (χ2v) is 5.51. The maximum absolute atomic E-state index is 9.86. The largest absolute Gasteiger partial charge is 0.389 e. The van der Waals surface area contributed by atoms with Gasteiger partial charge in [0.2, 0.25) is 0 Å². The molecule has 1 atom stereocenters. The fourth-order valence-electron chi connectivity index (χ4n) is 2.05. The number of aliphatic hydroxyl groups excluding tert-OH is 1. The zero-order valence-electron chi connectivity index (χ0n) is 11.0. The number of nitrogens with zero attached hydrogens (tertiary/aromatic N) is 2. The molecule has 0 amide bonds. The van der Waals surface area contributed by atoms with Gasteiger partial charge >= 0.3 is 0 Å². The van der Waals surface area contributed by atoms with Gasteiger partial charge in [0.15, 0.2) is 0 Å². The molecule has 0 saturated carbocycles. The standard InChI is InChI=1S/C15H17BrN2O/c1-11(19)14-6-5-13(16)8-15(14)18(2)10-12-4-3-7-17-9-12/h3-9,11,19H,10H2,1-2H3. The number of hydrogen-bond acceptors (Lipinski definition) is 3. The Balaban J connectivity index is 2.27. The summed E-state index contributed by atoms with van der Waals surface area (Å²) in [7, 11) is 2.01. The molecule has 1 heterocycles. The summed E-state index contributed by atoms with van der Waals surface area (Å²) in [6, 6.07) is 9.90. The first kappa shape index (κ1) is 14.0. The van der Waals surface area contributed by atoms with Crippen molar-refractivity contribution in [3.05, 3.63) is 58.3 Å². The first-order chi connectivity index (χ1) is 9.08. The van der Waals surface area contributed by atoms with Gasteiger partial charge in [0.1, 0.15) is 0 Å². The van der Waals surface area contributed by atoms with Crippen LogP contribution in [0.3, 0.4) is 0 Å². The molecule has 4 heteroatoms. The minimum atomic E-state index is -0.487. The number of halogens is 1. The van der Waals surface area contributed by atoms with Gasteiger partial charge in [-0.15, -0.1) is 0 Å². The van der Waals surface area contributed by atoms with Crippen LogP contribution in [0.5, 0.6) is 0 Å². The molecule has 0 fully saturated rings. The third-order valence-electron chi connectivity index (χ3n) is 3.00. The van der Waals surface area contributed by atoms with Crippen molar-refractivity contribution in [1.82, 2.24) is 4.98 Å². The maximum Gasteiger partial charge on any atom is 0.0782 e. The van der Waals surface area contributed by atoms with Crippen LogP contribution in [0.25, 0.3) is 0 Å². The number of anilines is 1. The molecule has 0 aliphatic heterocycles. The number of aliphatic hydroxyl groups is 1. The Kier molecular flexibility index (Phi) is 4.56. The highest BCUT2D eigenvalue weighted by atomic mass is 79.9. The van der Waals surface area contributed by atoms with Gasteiger partial charge in [-0.2, -0.15) is 0 Å². The summed E-state index contributed by atoms with van der Waals surface area (Å²) in [6.07, 6.45) is 3.14. The lowest BCUT2D eigenvalue weighted by molar-refractivity contribution is 0.199. The van der Waals surface area contributed by atoms with Gasteiger partial charge in [0, 0.05) is 41.7 Å². The fraction of sp³-hybridized carbons (Fsp3) is 0.267. The van der Waals surface area contributed by atoms with Crippen molar-refractivity contribution in [3.8, 4) is 0 Å². The van der Waals surface area contributed by atoms with Crippen molar-refractivity contribution in [1.29, 1.82) is 0 Å². The Morgan fingerprint density at radius 3 is 2.79 bits per heavy atom. The average Bonchev–Trinajstić information content (AvgIpc) is 2.39. The zero-order chi connectivity index (χ0) is 13.8. The molecule has 3 nitrogen and oxygen atoms in total. The van der Waals surface area contributed by atoms with E-state index in [-0.39, 0.29) is 0 Å². The second-order valence-electron chi connectivity index (χ2n) is 4.60. The molecule has 1 aromatic carbocycles. The number of benzene rings is 1. The SMILES string of the molecule is CC(O)c1ccc(Br)cc1N(C)Cc1cccnc1. The average molecular weight is 321 g/mol. The molecule has 19 heavy (non-hydrogen) atoms. The van der Waals surface area contributed by atoms with Crippen LogP contribution in [-0.2, 0) is 6.54 Å². The first-order valence-corrected chi connectivity index (χ1v) is 6.95. The van der Waals surface area contributed by atoms with E-state index < -0.39 is 6.10 Å².